The van der Waals surface area contributed by atoms with E-state index in [0.717, 1.165) is 17.0 Å². The highest BCUT2D eigenvalue weighted by molar-refractivity contribution is 6.05. The first kappa shape index (κ1) is 17.5. The van der Waals surface area contributed by atoms with E-state index in [1.165, 1.54) is 0 Å². The summed E-state index contributed by atoms with van der Waals surface area (Å²) >= 11 is 0. The first-order valence-corrected chi connectivity index (χ1v) is 8.17. The minimum absolute atomic E-state index is 0.216. The quantitative estimate of drug-likeness (QED) is 0.722. The van der Waals surface area contributed by atoms with Crippen molar-refractivity contribution in [3.8, 4) is 11.5 Å². The molecule has 0 fully saturated rings. The maximum atomic E-state index is 12.4. The number of aromatic nitrogens is 1. The van der Waals surface area contributed by atoms with Crippen molar-refractivity contribution in [1.82, 2.24) is 5.16 Å². The molecular formula is C20H20N2O4. The molecule has 1 amide bonds. The molecule has 1 aromatic heterocycles. The van der Waals surface area contributed by atoms with Crippen molar-refractivity contribution in [3.05, 3.63) is 71.1 Å². The first-order chi connectivity index (χ1) is 12.6. The highest BCUT2D eigenvalue weighted by Crippen LogP contribution is 2.24. The molecule has 0 aliphatic heterocycles. The zero-order valence-corrected chi connectivity index (χ0v) is 14.9. The molecule has 1 N–H and O–H groups in total. The second kappa shape index (κ2) is 7.74. The van der Waals surface area contributed by atoms with Crippen LogP contribution in [0.3, 0.4) is 0 Å². The summed E-state index contributed by atoms with van der Waals surface area (Å²) < 4.78 is 16.1. The third kappa shape index (κ3) is 3.85. The second-order valence-corrected chi connectivity index (χ2v) is 5.77. The fraction of sp³-hybridized carbons (Fsp3) is 0.200. The zero-order chi connectivity index (χ0) is 18.5. The maximum Gasteiger partial charge on any atom is 0.255 e. The van der Waals surface area contributed by atoms with Gasteiger partial charge in [-0.2, -0.15) is 0 Å². The van der Waals surface area contributed by atoms with Gasteiger partial charge >= 0.3 is 0 Å². The van der Waals surface area contributed by atoms with Crippen LogP contribution < -0.4 is 14.8 Å². The van der Waals surface area contributed by atoms with Crippen LogP contribution in [0, 0.1) is 13.8 Å². The summed E-state index contributed by atoms with van der Waals surface area (Å²) in [6.07, 6.45) is 0. The third-order valence-electron chi connectivity index (χ3n) is 4.04. The summed E-state index contributed by atoms with van der Waals surface area (Å²) in [5, 5.41) is 6.74. The van der Waals surface area contributed by atoms with Crippen molar-refractivity contribution in [2.45, 2.75) is 20.5 Å². The van der Waals surface area contributed by atoms with Crippen molar-refractivity contribution in [2.24, 2.45) is 0 Å². The second-order valence-electron chi connectivity index (χ2n) is 5.77. The molecule has 0 spiro atoms. The number of nitrogens with one attached hydrogen (secondary N) is 1. The molecule has 134 valence electrons. The first-order valence-electron chi connectivity index (χ1n) is 8.17. The molecule has 0 aliphatic carbocycles. The summed E-state index contributed by atoms with van der Waals surface area (Å²) in [7, 11) is 1.57. The number of anilines is 1. The molecule has 0 saturated carbocycles. The standard InChI is InChI=1S/C20H20N2O4/c1-13-17(14(2)26-22-13)12-25-16-10-8-15(9-11-16)20(23)21-18-6-4-5-7-19(18)24-3/h4-11H,12H2,1-3H3,(H,21,23). The summed E-state index contributed by atoms with van der Waals surface area (Å²) in [5.41, 5.74) is 2.90. The fourth-order valence-electron chi connectivity index (χ4n) is 2.51. The number of carbonyl (C=O) groups is 1. The molecule has 0 aliphatic rings. The van der Waals surface area contributed by atoms with E-state index >= 15 is 0 Å². The minimum atomic E-state index is -0.216. The van der Waals surface area contributed by atoms with E-state index in [1.807, 2.05) is 26.0 Å². The van der Waals surface area contributed by atoms with E-state index in [-0.39, 0.29) is 5.91 Å². The van der Waals surface area contributed by atoms with Gasteiger partial charge in [0.05, 0.1) is 24.1 Å². The lowest BCUT2D eigenvalue weighted by Crippen LogP contribution is -2.12. The van der Waals surface area contributed by atoms with E-state index in [2.05, 4.69) is 10.5 Å². The number of nitrogens with zero attached hydrogens (tertiary/aromatic N) is 1. The minimum Gasteiger partial charge on any atom is -0.495 e. The monoisotopic (exact) mass is 352 g/mol. The Labute approximate surface area is 151 Å². The van der Waals surface area contributed by atoms with Gasteiger partial charge in [0.25, 0.3) is 5.91 Å². The molecule has 6 nitrogen and oxygen atoms in total. The predicted molar refractivity (Wildman–Crippen MR) is 97.7 cm³/mol. The van der Waals surface area contributed by atoms with Crippen molar-refractivity contribution in [1.29, 1.82) is 0 Å². The van der Waals surface area contributed by atoms with Crippen LogP contribution in [0.25, 0.3) is 0 Å². The number of rotatable bonds is 6. The molecule has 6 heteroatoms. The van der Waals surface area contributed by atoms with Crippen LogP contribution in [0.1, 0.15) is 27.4 Å². The van der Waals surface area contributed by atoms with Gasteiger partial charge in [-0.05, 0) is 50.2 Å². The van der Waals surface area contributed by atoms with Crippen LogP contribution >= 0.6 is 0 Å². The van der Waals surface area contributed by atoms with Gasteiger partial charge < -0.3 is 19.3 Å². The van der Waals surface area contributed by atoms with Crippen molar-refractivity contribution < 1.29 is 18.8 Å². The largest absolute Gasteiger partial charge is 0.495 e. The molecule has 0 atom stereocenters. The topological polar surface area (TPSA) is 73.6 Å². The number of methoxy groups -OCH3 is 1. The van der Waals surface area contributed by atoms with Gasteiger partial charge in [-0.15, -0.1) is 0 Å². The van der Waals surface area contributed by atoms with Gasteiger partial charge in [-0.1, -0.05) is 17.3 Å². The number of hydrogen-bond acceptors (Lipinski definition) is 5. The van der Waals surface area contributed by atoms with E-state index < -0.39 is 0 Å². The highest BCUT2D eigenvalue weighted by Gasteiger charge is 2.11. The Morgan fingerprint density at radius 2 is 1.85 bits per heavy atom. The Kier molecular flexibility index (Phi) is 5.22. The molecule has 3 aromatic rings. The zero-order valence-electron chi connectivity index (χ0n) is 14.9. The molecule has 3 rings (SSSR count). The number of hydrogen-bond donors (Lipinski definition) is 1. The van der Waals surface area contributed by atoms with E-state index in [4.69, 9.17) is 14.0 Å². The van der Waals surface area contributed by atoms with Crippen molar-refractivity contribution in [3.63, 3.8) is 0 Å². The van der Waals surface area contributed by atoms with E-state index in [9.17, 15) is 4.79 Å². The number of carbonyl (C=O) groups excluding carboxylic acids is 1. The Morgan fingerprint density at radius 1 is 1.12 bits per heavy atom. The predicted octanol–water partition coefficient (Wildman–Crippen LogP) is 4.13. The molecule has 2 aromatic carbocycles. The maximum absolute atomic E-state index is 12.4. The van der Waals surface area contributed by atoms with Gasteiger partial charge in [0.2, 0.25) is 0 Å². The molecule has 0 unspecified atom stereocenters. The molecule has 0 radical (unpaired) electrons. The van der Waals surface area contributed by atoms with Crippen LogP contribution in [0.2, 0.25) is 0 Å². The SMILES string of the molecule is COc1ccccc1NC(=O)c1ccc(OCc2c(C)noc2C)cc1. The van der Waals surface area contributed by atoms with Crippen LogP contribution in [0.4, 0.5) is 5.69 Å². The number of benzene rings is 2. The lowest BCUT2D eigenvalue weighted by Gasteiger charge is -2.10. The van der Waals surface area contributed by atoms with E-state index in [0.29, 0.717) is 29.4 Å². The molecule has 0 bridgehead atoms. The Bertz CT molecular complexity index is 881. The highest BCUT2D eigenvalue weighted by atomic mass is 16.5. The lowest BCUT2D eigenvalue weighted by molar-refractivity contribution is 0.102. The summed E-state index contributed by atoms with van der Waals surface area (Å²) in [4.78, 5) is 12.4. The van der Waals surface area contributed by atoms with Gasteiger partial charge in [-0.25, -0.2) is 0 Å². The van der Waals surface area contributed by atoms with Crippen LogP contribution in [-0.2, 0) is 6.61 Å². The summed E-state index contributed by atoms with van der Waals surface area (Å²) in [5.74, 6) is 1.81. The number of amides is 1. The van der Waals surface area contributed by atoms with Gasteiger partial charge in [0.1, 0.15) is 23.9 Å². The van der Waals surface area contributed by atoms with Gasteiger partial charge in [0, 0.05) is 5.56 Å². The average Bonchev–Trinajstić information content (AvgIpc) is 2.98. The molecule has 1 heterocycles. The number of para-hydroxylation sites is 2. The summed E-state index contributed by atoms with van der Waals surface area (Å²) in [6.45, 7) is 4.10. The van der Waals surface area contributed by atoms with Gasteiger partial charge in [0.15, 0.2) is 0 Å². The van der Waals surface area contributed by atoms with E-state index in [1.54, 1.807) is 43.5 Å². The Balaban J connectivity index is 1.64. The van der Waals surface area contributed by atoms with Crippen LogP contribution in [-0.4, -0.2) is 18.2 Å². The summed E-state index contributed by atoms with van der Waals surface area (Å²) in [6, 6.07) is 14.2. The third-order valence-corrected chi connectivity index (χ3v) is 4.04. The molecule has 26 heavy (non-hydrogen) atoms. The van der Waals surface area contributed by atoms with Gasteiger partial charge in [-0.3, -0.25) is 4.79 Å². The number of aryl methyl sites for hydroxylation is 2. The average molecular weight is 352 g/mol. The number of ether oxygens (including phenoxy) is 2. The normalized spacial score (nSPS) is 10.4. The van der Waals surface area contributed by atoms with Crippen LogP contribution in [0.15, 0.2) is 53.1 Å². The van der Waals surface area contributed by atoms with Crippen molar-refractivity contribution >= 4 is 11.6 Å². The lowest BCUT2D eigenvalue weighted by atomic mass is 10.2. The van der Waals surface area contributed by atoms with Crippen LogP contribution in [0.5, 0.6) is 11.5 Å². The fourth-order valence-corrected chi connectivity index (χ4v) is 2.51. The molecule has 0 saturated heterocycles. The Hall–Kier alpha value is -3.28. The Morgan fingerprint density at radius 3 is 2.50 bits per heavy atom. The van der Waals surface area contributed by atoms with Crippen molar-refractivity contribution in [2.75, 3.05) is 12.4 Å². The smallest absolute Gasteiger partial charge is 0.255 e. The molecular weight excluding hydrogens is 332 g/mol.